The number of carboxylic acid groups (broad SMARTS) is 1. The molecule has 0 bridgehead atoms. The zero-order valence-electron chi connectivity index (χ0n) is 74.4. The smallest absolute Gasteiger partial charge is 0.305 e. The van der Waals surface area contributed by atoms with Crippen LogP contribution in [0.5, 0.6) is 0 Å². The topological polar surface area (TPSA) is 63.6 Å². The zero-order valence-corrected chi connectivity index (χ0v) is 74.4. The predicted molar refractivity (Wildman–Crippen MR) is 481 cm³/mol. The number of hydrogen-bond donors (Lipinski definition) is 1. The van der Waals surface area contributed by atoms with E-state index in [9.17, 15) is 9.59 Å². The highest BCUT2D eigenvalue weighted by molar-refractivity contribution is 5.69. The molecular weight excluding hydrogens is 1300 g/mol. The van der Waals surface area contributed by atoms with E-state index < -0.39 is 5.97 Å². The summed E-state index contributed by atoms with van der Waals surface area (Å²) in [5.74, 6) is -0.702. The van der Waals surface area contributed by atoms with Crippen LogP contribution in [0.3, 0.4) is 0 Å². The minimum absolute atomic E-state index is 0.0571. The fourth-order valence-corrected chi connectivity index (χ4v) is 17.6. The van der Waals surface area contributed by atoms with Gasteiger partial charge in [-0.3, -0.25) is 9.59 Å². The maximum atomic E-state index is 11.2. The molecule has 0 spiro atoms. The minimum atomic E-state index is -0.645. The van der Waals surface area contributed by atoms with Gasteiger partial charge in [-0.25, -0.2) is 0 Å². The third-order valence-corrected chi connectivity index (χ3v) is 25.2. The Bertz CT molecular complexity index is 1550. The Labute approximate surface area is 676 Å². The Hall–Kier alpha value is -1.06. The van der Waals surface area contributed by atoms with Gasteiger partial charge in [0.05, 0.1) is 7.11 Å². The maximum absolute atomic E-state index is 11.2. The van der Waals surface area contributed by atoms with E-state index in [1.165, 1.54) is 617 Å². The molecule has 0 aromatic rings. The van der Waals surface area contributed by atoms with Gasteiger partial charge in [-0.05, 0) is 12.8 Å². The van der Waals surface area contributed by atoms with Gasteiger partial charge in [0.2, 0.25) is 0 Å². The van der Waals surface area contributed by atoms with Crippen LogP contribution < -0.4 is 0 Å². The van der Waals surface area contributed by atoms with E-state index in [0.29, 0.717) is 12.8 Å². The molecule has 0 heterocycles. The Morgan fingerprint density at radius 2 is 0.196 bits per heavy atom. The molecule has 0 aliphatic heterocycles. The number of rotatable bonds is 101. The second-order valence-corrected chi connectivity index (χ2v) is 36.1. The summed E-state index contributed by atoms with van der Waals surface area (Å²) in [4.78, 5) is 21.7. The van der Waals surface area contributed by atoms with Crippen molar-refractivity contribution in [2.45, 2.75) is 642 Å². The maximum Gasteiger partial charge on any atom is 0.305 e. The van der Waals surface area contributed by atoms with Crippen LogP contribution in [-0.2, 0) is 14.3 Å². The molecule has 0 aliphatic carbocycles. The SMILES string of the molecule is COC(=O)CCCCCCCCCCCCCCCCCCCCCCCCCCCCCCCCCCCCCCCCCCCCCCCCCCCCCCCCCCCCCCCCCCCCCCCCCCCCCCCCCCCCCCCCCCCCCCCCCCCCC(=O)O. The van der Waals surface area contributed by atoms with Crippen LogP contribution in [0.25, 0.3) is 0 Å². The van der Waals surface area contributed by atoms with Gasteiger partial charge in [-0.15, -0.1) is 0 Å². The Kier molecular flexibility index (Phi) is 100. The van der Waals surface area contributed by atoms with Crippen LogP contribution in [0.4, 0.5) is 0 Å². The summed E-state index contributed by atoms with van der Waals surface area (Å²) < 4.78 is 4.71. The van der Waals surface area contributed by atoms with Gasteiger partial charge in [-0.2, -0.15) is 0 Å². The number of unbranched alkanes of at least 4 members (excludes halogenated alkanes) is 97. The minimum Gasteiger partial charge on any atom is -0.481 e. The van der Waals surface area contributed by atoms with E-state index >= 15 is 0 Å². The first kappa shape index (κ1) is 106. The lowest BCUT2D eigenvalue weighted by molar-refractivity contribution is -0.141. The van der Waals surface area contributed by atoms with Crippen molar-refractivity contribution in [3.05, 3.63) is 0 Å². The molecular formula is C103H204O4. The monoisotopic (exact) mass is 1510 g/mol. The summed E-state index contributed by atoms with van der Waals surface area (Å²) in [5, 5.41) is 8.71. The number of esters is 1. The van der Waals surface area contributed by atoms with Crippen LogP contribution in [-0.4, -0.2) is 24.2 Å². The van der Waals surface area contributed by atoms with Crippen molar-refractivity contribution >= 4 is 11.9 Å². The molecule has 4 nitrogen and oxygen atoms in total. The van der Waals surface area contributed by atoms with Gasteiger partial charge < -0.3 is 9.84 Å². The van der Waals surface area contributed by atoms with Crippen molar-refractivity contribution < 1.29 is 19.4 Å². The standard InChI is InChI=1S/C103H204O4/c1-107-103(106)101-99-97-95-93-91-89-87-85-83-81-79-77-75-73-71-69-67-65-63-61-59-57-55-53-51-49-47-45-43-41-39-37-35-33-31-29-27-25-23-21-19-17-15-13-11-9-7-5-3-2-4-6-8-10-12-14-16-18-20-22-24-26-28-30-32-34-36-38-40-42-44-46-48-50-52-54-56-58-60-62-64-66-68-70-72-74-76-78-80-82-84-86-88-90-92-94-96-98-100-102(104)105/h2-101H2,1H3,(H,104,105). The molecule has 4 heteroatoms. The summed E-state index contributed by atoms with van der Waals surface area (Å²) in [7, 11) is 1.49. The number of ether oxygens (including phenoxy) is 1. The molecule has 0 fully saturated rings. The van der Waals surface area contributed by atoms with Crippen LogP contribution >= 0.6 is 0 Å². The van der Waals surface area contributed by atoms with Crippen molar-refractivity contribution in [2.24, 2.45) is 0 Å². The largest absolute Gasteiger partial charge is 0.481 e. The second kappa shape index (κ2) is 101. The molecule has 107 heavy (non-hydrogen) atoms. The first-order chi connectivity index (χ1) is 53.2. The highest BCUT2D eigenvalue weighted by Gasteiger charge is 2.05. The molecule has 0 unspecified atom stereocenters. The van der Waals surface area contributed by atoms with Crippen molar-refractivity contribution in [3.63, 3.8) is 0 Å². The van der Waals surface area contributed by atoms with Crippen molar-refractivity contribution in [2.75, 3.05) is 7.11 Å². The molecule has 1 N–H and O–H groups in total. The molecule has 0 saturated carbocycles. The lowest BCUT2D eigenvalue weighted by Crippen LogP contribution is -1.99. The Balaban J connectivity index is 3.10. The molecule has 0 aromatic carbocycles. The zero-order chi connectivity index (χ0) is 76.6. The van der Waals surface area contributed by atoms with Crippen molar-refractivity contribution in [1.82, 2.24) is 0 Å². The van der Waals surface area contributed by atoms with Crippen LogP contribution in [0.15, 0.2) is 0 Å². The van der Waals surface area contributed by atoms with E-state index in [0.717, 1.165) is 19.3 Å². The summed E-state index contributed by atoms with van der Waals surface area (Å²) in [5.41, 5.74) is 0. The van der Waals surface area contributed by atoms with Gasteiger partial charge in [-0.1, -0.05) is 616 Å². The Morgan fingerprint density at radius 3 is 0.262 bits per heavy atom. The third-order valence-electron chi connectivity index (χ3n) is 25.2. The quantitative estimate of drug-likeness (QED) is 0.0487. The van der Waals surface area contributed by atoms with E-state index in [-0.39, 0.29) is 5.97 Å². The number of aliphatic carboxylic acids is 1. The summed E-state index contributed by atoms with van der Waals surface area (Å²) in [6.45, 7) is 0. The van der Waals surface area contributed by atoms with E-state index in [2.05, 4.69) is 0 Å². The van der Waals surface area contributed by atoms with Crippen molar-refractivity contribution in [1.29, 1.82) is 0 Å². The highest BCUT2D eigenvalue weighted by atomic mass is 16.5. The second-order valence-electron chi connectivity index (χ2n) is 36.1. The first-order valence-electron chi connectivity index (χ1n) is 51.5. The lowest BCUT2D eigenvalue weighted by Gasteiger charge is -2.05. The van der Waals surface area contributed by atoms with Crippen LogP contribution in [0.2, 0.25) is 0 Å². The van der Waals surface area contributed by atoms with E-state index in [1.54, 1.807) is 0 Å². The molecule has 0 atom stereocenters. The van der Waals surface area contributed by atoms with Crippen LogP contribution in [0.1, 0.15) is 642 Å². The molecule has 0 saturated heterocycles. The van der Waals surface area contributed by atoms with E-state index in [4.69, 9.17) is 9.84 Å². The Morgan fingerprint density at radius 1 is 0.131 bits per heavy atom. The average Bonchev–Trinajstić information content (AvgIpc) is 3.88. The number of carbonyl (C=O) groups is 2. The summed E-state index contributed by atoms with van der Waals surface area (Å²) in [6.07, 6.45) is 143. The molecule has 0 radical (unpaired) electrons. The first-order valence-corrected chi connectivity index (χ1v) is 51.5. The molecule has 0 rings (SSSR count). The number of methoxy groups -OCH3 is 1. The average molecular weight is 1510 g/mol. The van der Waals surface area contributed by atoms with Gasteiger partial charge in [0.15, 0.2) is 0 Å². The van der Waals surface area contributed by atoms with Gasteiger partial charge >= 0.3 is 11.9 Å². The number of carboxylic acids is 1. The normalized spacial score (nSPS) is 11.7. The lowest BCUT2D eigenvalue weighted by atomic mass is 10.0. The highest BCUT2D eigenvalue weighted by Crippen LogP contribution is 2.24. The van der Waals surface area contributed by atoms with Crippen LogP contribution in [0, 0.1) is 0 Å². The fourth-order valence-electron chi connectivity index (χ4n) is 17.6. The molecule has 0 aromatic heterocycles. The van der Waals surface area contributed by atoms with Gasteiger partial charge in [0.25, 0.3) is 0 Å². The number of carbonyl (C=O) groups excluding carboxylic acids is 1. The molecule has 0 aliphatic rings. The van der Waals surface area contributed by atoms with E-state index in [1.807, 2.05) is 0 Å². The number of hydrogen-bond acceptors (Lipinski definition) is 3. The summed E-state index contributed by atoms with van der Waals surface area (Å²) in [6, 6.07) is 0. The van der Waals surface area contributed by atoms with Gasteiger partial charge in [0.1, 0.15) is 0 Å². The predicted octanol–water partition coefficient (Wildman–Crippen LogP) is 38.3. The fraction of sp³-hybridized carbons (Fsp3) is 0.981. The summed E-state index contributed by atoms with van der Waals surface area (Å²) >= 11 is 0. The van der Waals surface area contributed by atoms with Gasteiger partial charge in [0, 0.05) is 12.8 Å². The molecule has 0 amide bonds. The molecule has 640 valence electrons. The van der Waals surface area contributed by atoms with Crippen molar-refractivity contribution in [3.8, 4) is 0 Å². The third kappa shape index (κ3) is 103.